The zero-order valence-electron chi connectivity index (χ0n) is 81.8. The molecule has 10 fully saturated rings. The fraction of sp³-hybridized carbons (Fsp3) is 0.549. The number of rotatable bonds is 40. The molecule has 34 atom stereocenters. The number of carbonyl (C=O) groups is 6. The topological polar surface area (TPSA) is 309 Å². The van der Waals surface area contributed by atoms with E-state index in [9.17, 15) is 71.4 Å². The molecule has 139 heavy (non-hydrogen) atoms. The van der Waals surface area contributed by atoms with E-state index in [1.807, 2.05) is 85.0 Å². The molecule has 0 aromatic heterocycles. The summed E-state index contributed by atoms with van der Waals surface area (Å²) in [6.45, 7) is 25.8. The van der Waals surface area contributed by atoms with Crippen molar-refractivity contribution in [3.05, 3.63) is 240 Å². The van der Waals surface area contributed by atoms with Crippen molar-refractivity contribution < 1.29 is 95.1 Å². The number of ether oxygens (including phenoxy) is 5. The number of aryl methyl sites for hydroxylation is 5. The van der Waals surface area contributed by atoms with Crippen LogP contribution in [0.4, 0.5) is 0 Å². The molecule has 5 aliphatic heterocycles. The summed E-state index contributed by atoms with van der Waals surface area (Å²) in [4.78, 5) is 70.5. The summed E-state index contributed by atoms with van der Waals surface area (Å²) in [7, 11) is 2.47. The molecule has 15 rings (SSSR count). The first-order valence-corrected chi connectivity index (χ1v) is 69.5. The van der Waals surface area contributed by atoms with E-state index in [0.29, 0.717) is 197 Å². The van der Waals surface area contributed by atoms with Gasteiger partial charge in [-0.25, -0.2) is 0 Å². The second-order valence-electron chi connectivity index (χ2n) is 40.0. The predicted octanol–water partition coefficient (Wildman–Crippen LogP) is 21.6. The van der Waals surface area contributed by atoms with Crippen LogP contribution < -0.4 is 0 Å². The number of hydrogen-bond acceptors (Lipinski definition) is 20. The van der Waals surface area contributed by atoms with Gasteiger partial charge in [-0.05, 0) is 26.2 Å². The molecular formula is C102H141B5O20P10Si2. The molecule has 0 amide bonds. The molecule has 0 radical (unpaired) electrons. The predicted molar refractivity (Wildman–Crippen MR) is 584 cm³/mol. The van der Waals surface area contributed by atoms with Crippen LogP contribution in [-0.4, -0.2) is 169 Å². The zero-order chi connectivity index (χ0) is 100. The molecule has 2 N–H and O–H groups in total. The molecule has 10 unspecified atom stereocenters. The molecule has 5 aromatic carbocycles. The van der Waals surface area contributed by atoms with Gasteiger partial charge in [0, 0.05) is 0 Å². The Morgan fingerprint density at radius 2 is 0.554 bits per heavy atom. The third-order valence-corrected chi connectivity index (χ3v) is 43.7. The first kappa shape index (κ1) is 118. The van der Waals surface area contributed by atoms with Gasteiger partial charge in [-0.1, -0.05) is 30.3 Å². The van der Waals surface area contributed by atoms with Crippen molar-refractivity contribution in [3.8, 4) is 0 Å². The van der Waals surface area contributed by atoms with Crippen LogP contribution in [0.2, 0.25) is 26.2 Å². The second kappa shape index (κ2) is 62.5. The minimum absolute atomic E-state index is 0.00226. The number of ketones is 1. The summed E-state index contributed by atoms with van der Waals surface area (Å²) in [6.07, 6.45) is 35.7. The molecule has 5 saturated heterocycles. The fourth-order valence-electron chi connectivity index (χ4n) is 20.5. The molecule has 5 aromatic rings. The van der Waals surface area contributed by atoms with Crippen LogP contribution in [0.1, 0.15) is 166 Å². The van der Waals surface area contributed by atoms with Crippen molar-refractivity contribution in [2.75, 3.05) is 0 Å². The number of fused-ring (bicyclic) bond motifs is 5. The van der Waals surface area contributed by atoms with Gasteiger partial charge in [-0.15, -0.1) is 0 Å². The van der Waals surface area contributed by atoms with E-state index in [2.05, 4.69) is 163 Å². The van der Waals surface area contributed by atoms with Crippen molar-refractivity contribution in [2.24, 2.45) is 81.8 Å². The van der Waals surface area contributed by atoms with Crippen LogP contribution in [0.25, 0.3) is 0 Å². The number of hydrogen-bond donors (Lipinski definition) is 2. The number of esters is 5. The van der Waals surface area contributed by atoms with Gasteiger partial charge in [0.2, 0.25) is 0 Å². The summed E-state index contributed by atoms with van der Waals surface area (Å²) < 4.78 is 101. The Kier molecular flexibility index (Phi) is 53.0. The van der Waals surface area contributed by atoms with Crippen molar-refractivity contribution in [1.82, 2.24) is 0 Å². The number of benzene rings is 5. The molecule has 5 heterocycles. The normalized spacial score (nSPS) is 28.2. The average Bonchev–Trinajstić information content (AvgIpc) is 1.64. The Balaban J connectivity index is 0.000000190. The third kappa shape index (κ3) is 40.9. The minimum atomic E-state index is -1.13. The molecule has 20 nitrogen and oxygen atoms in total. The molecule has 5 aliphatic carbocycles. The van der Waals surface area contributed by atoms with E-state index in [-0.39, 0.29) is 112 Å². The summed E-state index contributed by atoms with van der Waals surface area (Å²) in [5.74, 6) is 3.13. The molecule has 10 aliphatic rings. The van der Waals surface area contributed by atoms with Crippen LogP contribution in [0, 0.1) is 81.8 Å². The Hall–Kier alpha value is -4.60. The van der Waals surface area contributed by atoms with Gasteiger partial charge in [0.05, 0.1) is 0 Å². The van der Waals surface area contributed by atoms with Gasteiger partial charge < -0.3 is 8.92 Å². The first-order chi connectivity index (χ1) is 66.7. The van der Waals surface area contributed by atoms with Crippen LogP contribution in [0.15, 0.2) is 212 Å². The van der Waals surface area contributed by atoms with E-state index in [4.69, 9.17) is 23.7 Å². The Morgan fingerprint density at radius 1 is 0.345 bits per heavy atom. The van der Waals surface area contributed by atoms with Crippen molar-refractivity contribution in [2.45, 2.75) is 267 Å². The van der Waals surface area contributed by atoms with Crippen LogP contribution >= 0.6 is 82.1 Å². The quantitative estimate of drug-likeness (QED) is 0.00919. The molecule has 5 saturated carbocycles. The van der Waals surface area contributed by atoms with Gasteiger partial charge in [0.15, 0.2) is 0 Å². The number of allylic oxidation sites excluding steroid dienone is 8. The van der Waals surface area contributed by atoms with Gasteiger partial charge in [-0.3, -0.25) is 0 Å². The van der Waals surface area contributed by atoms with Gasteiger partial charge in [0.1, 0.15) is 0 Å². The Morgan fingerprint density at radius 3 is 0.777 bits per heavy atom. The van der Waals surface area contributed by atoms with Crippen molar-refractivity contribution >= 4 is 169 Å². The molecular weight excluding hydrogens is 1970 g/mol. The summed E-state index contributed by atoms with van der Waals surface area (Å²) >= 11 is 0. The monoisotopic (exact) mass is 2110 g/mol. The van der Waals surface area contributed by atoms with E-state index >= 15 is 0 Å². The van der Waals surface area contributed by atoms with Crippen LogP contribution in [-0.2, 0) is 117 Å². The molecule has 742 valence electrons. The third-order valence-electron chi connectivity index (χ3n) is 27.5. The summed E-state index contributed by atoms with van der Waals surface area (Å²) in [6, 6.07) is 51.6. The SMILES string of the molecule is CC(C)(C)[C@@H](/C=C/[C@@H]1[C@H]2CC(=O)O[C@H]2C[C@H]1PPB=O)CCc1ccccc1.CC(C)(C)[C@H](/C=C/[C@@H]1[C@H]2CC(=O)O[C@H]2C[C@H]1PPB=O)CCc1ccccc1.C[Si](C)=O.C[Si](C)=O.O=BPP[C@@H]1C[C@@H]2OC(=O)C[C@@H]2[C@H]1/C=C/C(=O)CCc1ccccc1.O=BPP[C@@H]1C[C@@H]2OC(=O)C[C@@H]2[C@H]1/C=C/[C@@H](O)CCc1ccccc1.O=BPP[C@@H]1C[C@@H]2OC(=O)C[C@@H]2[C@H]1/C=C/[C@H](O)CCc1ccccc1. The van der Waals surface area contributed by atoms with Crippen LogP contribution in [0.5, 0.6) is 0 Å². The number of aliphatic hydroxyl groups excluding tert-OH is 2. The van der Waals surface area contributed by atoms with E-state index in [0.717, 1.165) is 117 Å². The maximum absolute atomic E-state index is 12.2. The van der Waals surface area contributed by atoms with Gasteiger partial charge >= 0.3 is 771 Å². The zero-order valence-corrected chi connectivity index (χ0v) is 93.8. The molecule has 0 bridgehead atoms. The average molecular weight is 2110 g/mol. The van der Waals surface area contributed by atoms with Crippen LogP contribution in [0.3, 0.4) is 0 Å². The van der Waals surface area contributed by atoms with E-state index < -0.39 is 29.6 Å². The van der Waals surface area contributed by atoms with E-state index in [1.165, 1.54) is 22.3 Å². The van der Waals surface area contributed by atoms with Gasteiger partial charge in [-0.2, -0.15) is 0 Å². The summed E-state index contributed by atoms with van der Waals surface area (Å²) in [5, 5.41) is 20.6. The van der Waals surface area contributed by atoms with E-state index in [1.54, 1.807) is 32.3 Å². The number of aliphatic hydroxyl groups is 2. The molecule has 37 heteroatoms. The van der Waals surface area contributed by atoms with Crippen molar-refractivity contribution in [3.63, 3.8) is 0 Å². The fourth-order valence-corrected chi connectivity index (χ4v) is 35.3. The maximum atomic E-state index is 12.2. The van der Waals surface area contributed by atoms with Crippen molar-refractivity contribution in [1.29, 1.82) is 0 Å². The first-order valence-electron chi connectivity index (χ1n) is 48.9. The number of carbonyl (C=O) groups excluding carboxylic acids is 6. The van der Waals surface area contributed by atoms with Gasteiger partial charge in [0.25, 0.3) is 17.4 Å². The Labute approximate surface area is 847 Å². The molecule has 0 spiro atoms. The summed E-state index contributed by atoms with van der Waals surface area (Å²) in [5.41, 5.74) is 8.84. The standard InChI is InChI=1S/2C22H31BO3P2.2C18H23BO4P2.C18H21BO4P2.2C2H6OSi/c2*1-22(2,3)16(10-9-15-7-5-4-6-8-15)11-12-17-18-13-21(24)26-19(18)14-20(17)27-28-23-25;3*20-13(7-6-12-4-2-1-3-5-12)8-9-14-15-10-18(21)23-16(15)11-17(14)24-25-19-22;2*1-4(2)3/h2*4-8,11-12,16-20,27-28H,9-10,13-14H2,1-3H3;2*1-5,8-9,13-17,20,24-25H,6-7,10-11H2;1-5,8-9,14-17,24-25H,6-7,10-11H2;2*1-2H3/b2*12-11+;3*9-8+;;/t16-,17+,18+,19-,20+;16-,17-,18-,19+,20-;13-,14+,15+,16-,17+;13-,14-,15-,16+,17-;14-,15-,16+,17-;;/m01011../s1. The second-order valence-corrected chi connectivity index (χ2v) is 60.0. The Bertz CT molecular complexity index is 4650.